The number of halogens is 1. The summed E-state index contributed by atoms with van der Waals surface area (Å²) < 4.78 is 1.77. The number of likely N-dealkylation sites (N-methyl/N-ethyl adjacent to an activating group) is 1. The number of aromatic carboxylic acids is 1. The van der Waals surface area contributed by atoms with Crippen molar-refractivity contribution in [3.8, 4) is 0 Å². The molecule has 0 aliphatic carbocycles. The van der Waals surface area contributed by atoms with Gasteiger partial charge in [0, 0.05) is 52.0 Å². The topological polar surface area (TPSA) is 59.9 Å². The smallest absolute Gasteiger partial charge is 0.343 e. The van der Waals surface area contributed by atoms with E-state index in [0.717, 1.165) is 57.7 Å². The Labute approximate surface area is 198 Å². The van der Waals surface area contributed by atoms with Gasteiger partial charge < -0.3 is 43.8 Å². The SMILES string of the molecule is Cc1cc(N2CCN(C)CC2)cc2[s+]c3c(C(=O)O)c(N(C)C)cc(C)c3nc12.[I-]. The Morgan fingerprint density at radius 3 is 2.30 bits per heavy atom. The predicted octanol–water partition coefficient (Wildman–Crippen LogP) is 0.867. The number of anilines is 2. The van der Waals surface area contributed by atoms with Crippen LogP contribution >= 0.6 is 11.3 Å². The van der Waals surface area contributed by atoms with E-state index >= 15 is 0 Å². The molecule has 30 heavy (non-hydrogen) atoms. The van der Waals surface area contributed by atoms with E-state index in [1.54, 1.807) is 0 Å². The standard InChI is InChI=1S/C22H26N4O2S.HI/c1-13-10-15(26-8-6-25(5)7-9-26)12-17-19(13)23-20-14(2)11-16(24(3)4)18(22(27)28)21(20)29-17;/h10-12H,6-9H2,1-5H3;1H. The second-order valence-corrected chi connectivity index (χ2v) is 9.13. The van der Waals surface area contributed by atoms with Gasteiger partial charge in [-0.25, -0.2) is 9.78 Å². The van der Waals surface area contributed by atoms with Gasteiger partial charge in [-0.2, -0.15) is 0 Å². The van der Waals surface area contributed by atoms with Crippen molar-refractivity contribution >= 4 is 49.1 Å². The van der Waals surface area contributed by atoms with Gasteiger partial charge in [0.05, 0.1) is 5.69 Å². The third kappa shape index (κ3) is 4.04. The molecule has 0 saturated carbocycles. The molecule has 0 radical (unpaired) electrons. The zero-order valence-electron chi connectivity index (χ0n) is 18.0. The molecule has 0 atom stereocenters. The second-order valence-electron chi connectivity index (χ2n) is 8.08. The maximum atomic E-state index is 12.1. The summed E-state index contributed by atoms with van der Waals surface area (Å²) in [7, 11) is 5.91. The van der Waals surface area contributed by atoms with E-state index in [1.807, 2.05) is 32.0 Å². The molecule has 8 heteroatoms. The molecule has 3 aromatic rings. The fourth-order valence-corrected chi connectivity index (χ4v) is 5.28. The zero-order chi connectivity index (χ0) is 20.9. The van der Waals surface area contributed by atoms with Gasteiger partial charge in [-0.05, 0) is 44.2 Å². The van der Waals surface area contributed by atoms with Crippen molar-refractivity contribution in [2.24, 2.45) is 0 Å². The molecule has 2 heterocycles. The quantitative estimate of drug-likeness (QED) is 0.304. The molecule has 0 unspecified atom stereocenters. The van der Waals surface area contributed by atoms with Crippen LogP contribution in [0.1, 0.15) is 21.5 Å². The number of benzene rings is 2. The predicted molar refractivity (Wildman–Crippen MR) is 122 cm³/mol. The Morgan fingerprint density at radius 1 is 1.07 bits per heavy atom. The first kappa shape index (κ1) is 22.9. The number of aryl methyl sites for hydroxylation is 2. The molecule has 0 bridgehead atoms. The number of aromatic nitrogens is 1. The van der Waals surface area contributed by atoms with Crippen LogP contribution in [0.5, 0.6) is 0 Å². The van der Waals surface area contributed by atoms with Crippen LogP contribution in [0.4, 0.5) is 11.4 Å². The molecule has 6 nitrogen and oxygen atoms in total. The van der Waals surface area contributed by atoms with Crippen molar-refractivity contribution in [3.63, 3.8) is 0 Å². The highest BCUT2D eigenvalue weighted by molar-refractivity contribution is 7.24. The summed E-state index contributed by atoms with van der Waals surface area (Å²) in [6, 6.07) is 6.31. The number of carboxylic acid groups (broad SMARTS) is 1. The number of carboxylic acids is 1. The molecular weight excluding hydrogens is 511 g/mol. The molecule has 0 amide bonds. The minimum atomic E-state index is -0.914. The van der Waals surface area contributed by atoms with Crippen molar-refractivity contribution in [1.82, 2.24) is 9.88 Å². The Bertz CT molecular complexity index is 1130. The lowest BCUT2D eigenvalue weighted by atomic mass is 10.1. The molecule has 1 N–H and O–H groups in total. The Balaban J connectivity index is 0.00000256. The van der Waals surface area contributed by atoms with Gasteiger partial charge >= 0.3 is 5.97 Å². The summed E-state index contributed by atoms with van der Waals surface area (Å²) >= 11 is 1.54. The van der Waals surface area contributed by atoms with E-state index in [2.05, 4.69) is 35.9 Å². The lowest BCUT2D eigenvalue weighted by molar-refractivity contribution is -0.0000215. The Kier molecular flexibility index (Phi) is 6.69. The van der Waals surface area contributed by atoms with Gasteiger partial charge in [0.15, 0.2) is 5.56 Å². The van der Waals surface area contributed by atoms with Crippen LogP contribution in [0.25, 0.3) is 20.4 Å². The number of nitrogens with zero attached hydrogens (tertiary/aromatic N) is 4. The van der Waals surface area contributed by atoms with Gasteiger partial charge in [0.1, 0.15) is 11.0 Å². The summed E-state index contributed by atoms with van der Waals surface area (Å²) in [5.41, 5.74) is 6.10. The van der Waals surface area contributed by atoms with E-state index in [1.165, 1.54) is 17.0 Å². The van der Waals surface area contributed by atoms with E-state index in [-0.39, 0.29) is 24.0 Å². The maximum absolute atomic E-state index is 12.1. The summed E-state index contributed by atoms with van der Waals surface area (Å²) in [4.78, 5) is 23.7. The van der Waals surface area contributed by atoms with Crippen molar-refractivity contribution in [1.29, 1.82) is 0 Å². The first-order chi connectivity index (χ1) is 13.8. The number of hydrogen-bond donors (Lipinski definition) is 1. The van der Waals surface area contributed by atoms with Crippen molar-refractivity contribution in [2.45, 2.75) is 13.8 Å². The summed E-state index contributed by atoms with van der Waals surface area (Å²) in [6.45, 7) is 8.18. The fraction of sp³-hybridized carbons (Fsp3) is 0.409. The molecule has 1 aromatic heterocycles. The van der Waals surface area contributed by atoms with E-state index < -0.39 is 5.97 Å². The van der Waals surface area contributed by atoms with Crippen LogP contribution in [-0.4, -0.2) is 68.3 Å². The summed E-state index contributed by atoms with van der Waals surface area (Å²) in [5, 5.41) is 9.95. The molecule has 2 aromatic carbocycles. The van der Waals surface area contributed by atoms with Crippen LogP contribution in [0.2, 0.25) is 0 Å². The van der Waals surface area contributed by atoms with Crippen LogP contribution in [-0.2, 0) is 0 Å². The third-order valence-electron chi connectivity index (χ3n) is 5.68. The van der Waals surface area contributed by atoms with E-state index in [4.69, 9.17) is 4.98 Å². The van der Waals surface area contributed by atoms with Crippen molar-refractivity contribution in [2.75, 3.05) is 57.1 Å². The molecular formula is C22H27IN4O2S. The number of rotatable bonds is 3. The fourth-order valence-electron chi connectivity index (χ4n) is 3.98. The van der Waals surface area contributed by atoms with Crippen LogP contribution in [0, 0.1) is 13.8 Å². The first-order valence-corrected chi connectivity index (χ1v) is 10.6. The average molecular weight is 538 g/mol. The van der Waals surface area contributed by atoms with Crippen LogP contribution in [0.3, 0.4) is 0 Å². The van der Waals surface area contributed by atoms with Gasteiger partial charge in [-0.3, -0.25) is 0 Å². The van der Waals surface area contributed by atoms with E-state index in [0.29, 0.717) is 11.3 Å². The van der Waals surface area contributed by atoms with Crippen molar-refractivity contribution < 1.29 is 33.9 Å². The highest BCUT2D eigenvalue weighted by Gasteiger charge is 2.28. The van der Waals surface area contributed by atoms with Gasteiger partial charge in [0.25, 0.3) is 9.40 Å². The molecule has 1 saturated heterocycles. The second kappa shape index (κ2) is 8.76. The summed E-state index contributed by atoms with van der Waals surface area (Å²) in [5.74, 6) is -0.914. The highest BCUT2D eigenvalue weighted by Crippen LogP contribution is 2.38. The Morgan fingerprint density at radius 2 is 1.70 bits per heavy atom. The number of hydrogen-bond acceptors (Lipinski definition) is 5. The monoisotopic (exact) mass is 538 g/mol. The zero-order valence-corrected chi connectivity index (χ0v) is 21.0. The van der Waals surface area contributed by atoms with Gasteiger partial charge in [-0.1, -0.05) is 0 Å². The van der Waals surface area contributed by atoms with E-state index in [9.17, 15) is 9.90 Å². The normalized spacial score (nSPS) is 14.8. The molecule has 0 spiro atoms. The number of fused-ring (bicyclic) bond motifs is 2. The maximum Gasteiger partial charge on any atom is 0.343 e. The minimum absolute atomic E-state index is 0. The average Bonchev–Trinajstić information content (AvgIpc) is 2.66. The first-order valence-electron chi connectivity index (χ1n) is 9.82. The Hall–Kier alpha value is -1.78. The van der Waals surface area contributed by atoms with Crippen molar-refractivity contribution in [3.05, 3.63) is 34.9 Å². The lowest BCUT2D eigenvalue weighted by Crippen LogP contribution is -3.00. The highest BCUT2D eigenvalue weighted by atomic mass is 127. The van der Waals surface area contributed by atoms with Crippen LogP contribution < -0.4 is 33.8 Å². The molecule has 4 rings (SSSR count). The van der Waals surface area contributed by atoms with Crippen LogP contribution in [0.15, 0.2) is 18.2 Å². The lowest BCUT2D eigenvalue weighted by Gasteiger charge is -2.34. The molecule has 1 fully saturated rings. The molecule has 1 aliphatic rings. The third-order valence-corrected chi connectivity index (χ3v) is 6.81. The largest absolute Gasteiger partial charge is 1.00 e. The van der Waals surface area contributed by atoms with Gasteiger partial charge in [-0.15, -0.1) is 0 Å². The molecule has 1 aliphatic heterocycles. The number of piperazine rings is 1. The summed E-state index contributed by atoms with van der Waals surface area (Å²) in [6.07, 6.45) is 0. The minimum Gasteiger partial charge on any atom is -1.00 e. The van der Waals surface area contributed by atoms with Gasteiger partial charge in [0.2, 0.25) is 11.3 Å². The molecule has 160 valence electrons. The number of carbonyl (C=O) groups is 1.